The molecule has 0 saturated heterocycles. The molecule has 0 aliphatic heterocycles. The van der Waals surface area contributed by atoms with Gasteiger partial charge in [-0.2, -0.15) is 0 Å². The van der Waals surface area contributed by atoms with Gasteiger partial charge in [-0.1, -0.05) is 11.8 Å². The second kappa shape index (κ2) is 7.09. The van der Waals surface area contributed by atoms with Crippen LogP contribution in [-0.4, -0.2) is 53.2 Å². The maximum absolute atomic E-state index is 11.8. The van der Waals surface area contributed by atoms with Gasteiger partial charge in [-0.05, 0) is 6.92 Å². The number of carbonyl (C=O) groups is 2. The zero-order valence-corrected chi connectivity index (χ0v) is 12.6. The van der Waals surface area contributed by atoms with Crippen molar-refractivity contribution >= 4 is 23.6 Å². The third kappa shape index (κ3) is 4.69. The summed E-state index contributed by atoms with van der Waals surface area (Å²) >= 11 is 1.13. The Labute approximate surface area is 120 Å². The summed E-state index contributed by atoms with van der Waals surface area (Å²) < 4.78 is 4.53. The number of ether oxygens (including phenoxy) is 1. The standard InChI is InChI=1S/C12H17N3O4S/c1-7(11(18)15(2)3)20-12-13-8(5-9(16)14-12)6-10(17)19-4/h5,7H,6H2,1-4H3,(H,13,14,16)/t7-/m0/s1. The minimum atomic E-state index is -0.475. The van der Waals surface area contributed by atoms with Crippen LogP contribution in [0.4, 0.5) is 0 Å². The van der Waals surface area contributed by atoms with Gasteiger partial charge in [0.25, 0.3) is 5.56 Å². The number of methoxy groups -OCH3 is 1. The number of hydrogen-bond donors (Lipinski definition) is 1. The number of nitrogens with one attached hydrogen (secondary N) is 1. The molecule has 7 nitrogen and oxygen atoms in total. The molecule has 0 saturated carbocycles. The molecule has 1 amide bonds. The van der Waals surface area contributed by atoms with E-state index in [1.54, 1.807) is 21.0 Å². The maximum Gasteiger partial charge on any atom is 0.311 e. The van der Waals surface area contributed by atoms with E-state index in [4.69, 9.17) is 0 Å². The average molecular weight is 299 g/mol. The molecule has 8 heteroatoms. The van der Waals surface area contributed by atoms with E-state index in [0.717, 1.165) is 11.8 Å². The number of thioether (sulfide) groups is 1. The van der Waals surface area contributed by atoms with Gasteiger partial charge in [-0.15, -0.1) is 0 Å². The van der Waals surface area contributed by atoms with Gasteiger partial charge in [-0.3, -0.25) is 14.4 Å². The molecule has 0 spiro atoms. The van der Waals surface area contributed by atoms with Crippen LogP contribution in [0.5, 0.6) is 0 Å². The van der Waals surface area contributed by atoms with E-state index in [9.17, 15) is 14.4 Å². The second-order valence-electron chi connectivity index (χ2n) is 4.29. The summed E-state index contributed by atoms with van der Waals surface area (Å²) in [6, 6.07) is 1.24. The molecule has 0 aliphatic carbocycles. The molecule has 1 atom stereocenters. The van der Waals surface area contributed by atoms with Crippen molar-refractivity contribution in [1.29, 1.82) is 0 Å². The highest BCUT2D eigenvalue weighted by Gasteiger charge is 2.18. The molecule has 0 bridgehead atoms. The smallest absolute Gasteiger partial charge is 0.311 e. The van der Waals surface area contributed by atoms with Gasteiger partial charge in [0, 0.05) is 20.2 Å². The molecule has 0 radical (unpaired) electrons. The number of carbonyl (C=O) groups excluding carboxylic acids is 2. The first kappa shape index (κ1) is 16.2. The first-order valence-corrected chi connectivity index (χ1v) is 6.76. The molecule has 0 aliphatic rings. The summed E-state index contributed by atoms with van der Waals surface area (Å²) in [6.07, 6.45) is -0.0794. The van der Waals surface area contributed by atoms with Gasteiger partial charge in [0.1, 0.15) is 0 Å². The Morgan fingerprint density at radius 1 is 1.50 bits per heavy atom. The quantitative estimate of drug-likeness (QED) is 0.469. The number of aromatic nitrogens is 2. The zero-order chi connectivity index (χ0) is 15.3. The first-order valence-electron chi connectivity index (χ1n) is 5.88. The molecule has 0 unspecified atom stereocenters. The predicted octanol–water partition coefficient (Wildman–Crippen LogP) is 0.0542. The molecule has 110 valence electrons. The van der Waals surface area contributed by atoms with Crippen LogP contribution in [0.15, 0.2) is 16.0 Å². The van der Waals surface area contributed by atoms with E-state index >= 15 is 0 Å². The number of nitrogens with zero attached hydrogens (tertiary/aromatic N) is 2. The van der Waals surface area contributed by atoms with E-state index in [-0.39, 0.29) is 23.1 Å². The minimum absolute atomic E-state index is 0.0794. The Balaban J connectivity index is 2.88. The lowest BCUT2D eigenvalue weighted by molar-refractivity contribution is -0.139. The van der Waals surface area contributed by atoms with Gasteiger partial charge in [0.15, 0.2) is 5.16 Å². The van der Waals surface area contributed by atoms with Crippen molar-refractivity contribution in [1.82, 2.24) is 14.9 Å². The molecule has 1 rings (SSSR count). The van der Waals surface area contributed by atoms with Crippen molar-refractivity contribution in [3.05, 3.63) is 22.1 Å². The van der Waals surface area contributed by atoms with Gasteiger partial charge < -0.3 is 14.6 Å². The van der Waals surface area contributed by atoms with Crippen LogP contribution >= 0.6 is 11.8 Å². The van der Waals surface area contributed by atoms with E-state index < -0.39 is 5.97 Å². The van der Waals surface area contributed by atoms with Crippen molar-refractivity contribution in [2.75, 3.05) is 21.2 Å². The number of H-pyrrole nitrogens is 1. The van der Waals surface area contributed by atoms with Crippen LogP contribution in [0.3, 0.4) is 0 Å². The van der Waals surface area contributed by atoms with Crippen molar-refractivity contribution in [3.8, 4) is 0 Å². The third-order valence-electron chi connectivity index (χ3n) is 2.40. The Bertz CT molecular complexity index is 556. The molecule has 1 N–H and O–H groups in total. The monoisotopic (exact) mass is 299 g/mol. The zero-order valence-electron chi connectivity index (χ0n) is 11.8. The Hall–Kier alpha value is -1.83. The lowest BCUT2D eigenvalue weighted by atomic mass is 10.3. The van der Waals surface area contributed by atoms with Gasteiger partial charge in [0.05, 0.1) is 24.5 Å². The fourth-order valence-corrected chi connectivity index (χ4v) is 2.41. The highest BCUT2D eigenvalue weighted by atomic mass is 32.2. The topological polar surface area (TPSA) is 92.4 Å². The summed E-state index contributed by atoms with van der Waals surface area (Å²) in [4.78, 5) is 42.6. The fraction of sp³-hybridized carbons (Fsp3) is 0.500. The Morgan fingerprint density at radius 3 is 2.70 bits per heavy atom. The van der Waals surface area contributed by atoms with Gasteiger partial charge in [0.2, 0.25) is 5.91 Å². The Kier molecular flexibility index (Phi) is 5.75. The lowest BCUT2D eigenvalue weighted by Crippen LogP contribution is -2.30. The van der Waals surface area contributed by atoms with Crippen LogP contribution < -0.4 is 5.56 Å². The minimum Gasteiger partial charge on any atom is -0.469 e. The number of rotatable bonds is 5. The molecule has 0 aromatic carbocycles. The molecule has 1 aromatic heterocycles. The van der Waals surface area contributed by atoms with Crippen LogP contribution in [0, 0.1) is 0 Å². The van der Waals surface area contributed by atoms with Crippen molar-refractivity contribution in [3.63, 3.8) is 0 Å². The maximum atomic E-state index is 11.8. The van der Waals surface area contributed by atoms with Crippen molar-refractivity contribution < 1.29 is 14.3 Å². The van der Waals surface area contributed by atoms with E-state index in [1.165, 1.54) is 18.1 Å². The molecule has 1 heterocycles. The number of hydrogen-bond acceptors (Lipinski definition) is 6. The van der Waals surface area contributed by atoms with Crippen LogP contribution in [0.2, 0.25) is 0 Å². The summed E-state index contributed by atoms with van der Waals surface area (Å²) in [5.41, 5.74) is -0.0569. The summed E-state index contributed by atoms with van der Waals surface area (Å²) in [5.74, 6) is -0.563. The van der Waals surface area contributed by atoms with E-state index in [1.807, 2.05) is 0 Å². The number of aromatic amines is 1. The average Bonchev–Trinajstić information content (AvgIpc) is 2.36. The third-order valence-corrected chi connectivity index (χ3v) is 3.37. The molecule has 20 heavy (non-hydrogen) atoms. The van der Waals surface area contributed by atoms with Gasteiger partial charge in [-0.25, -0.2) is 4.98 Å². The number of esters is 1. The summed E-state index contributed by atoms with van der Waals surface area (Å²) in [7, 11) is 4.58. The van der Waals surface area contributed by atoms with E-state index in [0.29, 0.717) is 10.9 Å². The highest BCUT2D eigenvalue weighted by molar-refractivity contribution is 8.00. The number of amides is 1. The molecule has 1 aromatic rings. The first-order chi connectivity index (χ1) is 9.33. The van der Waals surface area contributed by atoms with Crippen molar-refractivity contribution in [2.45, 2.75) is 23.8 Å². The normalized spacial score (nSPS) is 11.8. The highest BCUT2D eigenvalue weighted by Crippen LogP contribution is 2.19. The van der Waals surface area contributed by atoms with Crippen molar-refractivity contribution in [2.24, 2.45) is 0 Å². The van der Waals surface area contributed by atoms with E-state index in [2.05, 4.69) is 14.7 Å². The van der Waals surface area contributed by atoms with Crippen LogP contribution in [0.25, 0.3) is 0 Å². The summed E-state index contributed by atoms with van der Waals surface area (Å²) in [6.45, 7) is 1.72. The lowest BCUT2D eigenvalue weighted by Gasteiger charge is -2.15. The Morgan fingerprint density at radius 2 is 2.15 bits per heavy atom. The fourth-order valence-electron chi connectivity index (χ4n) is 1.43. The SMILES string of the molecule is COC(=O)Cc1cc(=O)[nH]c(S[C@@H](C)C(=O)N(C)C)n1. The molecule has 0 fully saturated rings. The second-order valence-corrected chi connectivity index (χ2v) is 5.62. The molecular formula is C12H17N3O4S. The van der Waals surface area contributed by atoms with Crippen LogP contribution in [-0.2, 0) is 20.7 Å². The van der Waals surface area contributed by atoms with Gasteiger partial charge >= 0.3 is 5.97 Å². The predicted molar refractivity (Wildman–Crippen MR) is 74.6 cm³/mol. The molecular weight excluding hydrogens is 282 g/mol. The largest absolute Gasteiger partial charge is 0.469 e. The van der Waals surface area contributed by atoms with Crippen LogP contribution in [0.1, 0.15) is 12.6 Å². The summed E-state index contributed by atoms with van der Waals surface area (Å²) in [5, 5.41) is -0.0828.